The average Bonchev–Trinajstić information content (AvgIpc) is 2.53. The zero-order chi connectivity index (χ0) is 19.8. The number of hydrogen-bond donors (Lipinski definition) is 2. The van der Waals surface area contributed by atoms with Crippen molar-refractivity contribution in [1.29, 1.82) is 0 Å². The number of anilines is 1. The minimum atomic E-state index is -5.91. The molecule has 0 aromatic heterocycles. The van der Waals surface area contributed by atoms with E-state index in [-0.39, 0.29) is 6.04 Å². The SMILES string of the molecule is CC(Nc1ccc(C(O)(C(F)(F)F)C(F)(F)F)cc1)c1ccc(Cl)cc1. The predicted octanol–water partition coefficient (Wildman–Crippen LogP) is 5.83. The first-order chi connectivity index (χ1) is 11.9. The molecule has 0 saturated carbocycles. The van der Waals surface area contributed by atoms with Crippen LogP contribution < -0.4 is 5.32 Å². The minimum Gasteiger partial charge on any atom is -0.379 e. The van der Waals surface area contributed by atoms with Crippen molar-refractivity contribution in [2.45, 2.75) is 30.9 Å². The summed E-state index contributed by atoms with van der Waals surface area (Å²) < 4.78 is 77.1. The fourth-order valence-corrected chi connectivity index (χ4v) is 2.51. The van der Waals surface area contributed by atoms with Crippen molar-refractivity contribution in [2.24, 2.45) is 0 Å². The maximum absolute atomic E-state index is 12.9. The molecule has 1 atom stereocenters. The molecule has 0 bridgehead atoms. The normalized spacial score (nSPS) is 14.2. The number of hydrogen-bond acceptors (Lipinski definition) is 2. The van der Waals surface area contributed by atoms with E-state index in [0.29, 0.717) is 22.8 Å². The van der Waals surface area contributed by atoms with Crippen molar-refractivity contribution in [1.82, 2.24) is 0 Å². The Morgan fingerprint density at radius 3 is 1.73 bits per heavy atom. The summed E-state index contributed by atoms with van der Waals surface area (Å²) in [5, 5.41) is 12.8. The van der Waals surface area contributed by atoms with E-state index in [1.165, 1.54) is 0 Å². The highest BCUT2D eigenvalue weighted by Gasteiger charge is 2.71. The van der Waals surface area contributed by atoms with Gasteiger partial charge in [-0.2, -0.15) is 26.3 Å². The van der Waals surface area contributed by atoms with Gasteiger partial charge in [-0.05, 0) is 36.8 Å². The van der Waals surface area contributed by atoms with Gasteiger partial charge in [0.2, 0.25) is 0 Å². The highest BCUT2D eigenvalue weighted by atomic mass is 35.5. The van der Waals surface area contributed by atoms with Gasteiger partial charge in [0.05, 0.1) is 0 Å². The van der Waals surface area contributed by atoms with Crippen LogP contribution in [0.15, 0.2) is 48.5 Å². The lowest BCUT2D eigenvalue weighted by Crippen LogP contribution is -2.53. The number of rotatable bonds is 4. The summed E-state index contributed by atoms with van der Waals surface area (Å²) in [6, 6.07) is 9.79. The lowest BCUT2D eigenvalue weighted by molar-refractivity contribution is -0.376. The van der Waals surface area contributed by atoms with Crippen LogP contribution in [0.1, 0.15) is 24.1 Å². The van der Waals surface area contributed by atoms with Gasteiger partial charge in [-0.15, -0.1) is 0 Å². The van der Waals surface area contributed by atoms with Gasteiger partial charge in [-0.1, -0.05) is 35.9 Å². The molecular formula is C17H14ClF6NO. The smallest absolute Gasteiger partial charge is 0.379 e. The van der Waals surface area contributed by atoms with Gasteiger partial charge in [0.1, 0.15) is 0 Å². The summed E-state index contributed by atoms with van der Waals surface area (Å²) in [6.45, 7) is 1.76. The Kier molecular flexibility index (Phi) is 5.49. The quantitative estimate of drug-likeness (QED) is 0.637. The van der Waals surface area contributed by atoms with Gasteiger partial charge in [-0.3, -0.25) is 0 Å². The number of alkyl halides is 6. The van der Waals surface area contributed by atoms with Crippen LogP contribution in [0.3, 0.4) is 0 Å². The molecule has 0 aliphatic carbocycles. The van der Waals surface area contributed by atoms with Crippen LogP contribution in [0, 0.1) is 0 Å². The molecule has 0 aliphatic heterocycles. The summed E-state index contributed by atoms with van der Waals surface area (Å²) in [7, 11) is 0. The number of aliphatic hydroxyl groups is 1. The zero-order valence-corrected chi connectivity index (χ0v) is 14.0. The Hall–Kier alpha value is -1.93. The third-order valence-electron chi connectivity index (χ3n) is 3.88. The van der Waals surface area contributed by atoms with Gasteiger partial charge in [-0.25, -0.2) is 0 Å². The Morgan fingerprint density at radius 1 is 0.846 bits per heavy atom. The van der Waals surface area contributed by atoms with Gasteiger partial charge >= 0.3 is 12.4 Å². The fourth-order valence-electron chi connectivity index (χ4n) is 2.38. The molecule has 2 aromatic carbocycles. The molecule has 0 aliphatic rings. The third-order valence-corrected chi connectivity index (χ3v) is 4.13. The molecule has 0 spiro atoms. The molecule has 142 valence electrons. The van der Waals surface area contributed by atoms with Crippen molar-refractivity contribution in [3.05, 3.63) is 64.7 Å². The number of halogens is 7. The van der Waals surface area contributed by atoms with E-state index in [1.54, 1.807) is 31.2 Å². The average molecular weight is 398 g/mol. The summed E-state index contributed by atoms with van der Waals surface area (Å²) in [4.78, 5) is 0. The molecule has 0 heterocycles. The van der Waals surface area contributed by atoms with E-state index in [0.717, 1.165) is 17.7 Å². The Morgan fingerprint density at radius 2 is 1.31 bits per heavy atom. The van der Waals surface area contributed by atoms with E-state index < -0.39 is 23.5 Å². The van der Waals surface area contributed by atoms with Crippen molar-refractivity contribution in [2.75, 3.05) is 5.32 Å². The lowest BCUT2D eigenvalue weighted by atomic mass is 9.92. The van der Waals surface area contributed by atoms with Crippen molar-refractivity contribution >= 4 is 17.3 Å². The summed E-state index contributed by atoms with van der Waals surface area (Å²) in [5.74, 6) is 0. The minimum absolute atomic E-state index is 0.276. The predicted molar refractivity (Wildman–Crippen MR) is 85.9 cm³/mol. The maximum atomic E-state index is 12.9. The summed E-state index contributed by atoms with van der Waals surface area (Å²) in [5.41, 5.74) is -5.12. The second-order valence-corrected chi connectivity index (χ2v) is 6.14. The monoisotopic (exact) mass is 397 g/mol. The van der Waals surface area contributed by atoms with Crippen molar-refractivity contribution in [3.8, 4) is 0 Å². The Balaban J connectivity index is 2.25. The Bertz CT molecular complexity index is 726. The molecule has 0 saturated heterocycles. The van der Waals surface area contributed by atoms with Crippen molar-refractivity contribution in [3.63, 3.8) is 0 Å². The highest BCUT2D eigenvalue weighted by molar-refractivity contribution is 6.30. The fraction of sp³-hybridized carbons (Fsp3) is 0.294. The van der Waals surface area contributed by atoms with Crippen LogP contribution in [0.5, 0.6) is 0 Å². The van der Waals surface area contributed by atoms with Crippen LogP contribution in [-0.2, 0) is 5.60 Å². The molecular weight excluding hydrogens is 384 g/mol. The van der Waals surface area contributed by atoms with E-state index >= 15 is 0 Å². The first-order valence-electron chi connectivity index (χ1n) is 7.34. The molecule has 2 N–H and O–H groups in total. The van der Waals surface area contributed by atoms with E-state index in [1.807, 2.05) is 0 Å². The molecule has 2 rings (SSSR count). The standard InChI is InChI=1S/C17H14ClF6NO/c1-10(11-2-6-13(18)7-3-11)25-14-8-4-12(5-9-14)15(26,16(19,20)21)17(22,23)24/h2-10,25-26H,1H3. The van der Waals surface area contributed by atoms with Gasteiger partial charge in [0, 0.05) is 22.3 Å². The lowest BCUT2D eigenvalue weighted by Gasteiger charge is -2.32. The first-order valence-corrected chi connectivity index (χ1v) is 7.72. The van der Waals surface area contributed by atoms with Crippen LogP contribution in [0.4, 0.5) is 32.0 Å². The molecule has 26 heavy (non-hydrogen) atoms. The van der Waals surface area contributed by atoms with Crippen molar-refractivity contribution < 1.29 is 31.4 Å². The Labute approximate surface area is 150 Å². The molecule has 2 aromatic rings. The second kappa shape index (κ2) is 7.00. The molecule has 0 amide bonds. The molecule has 9 heteroatoms. The molecule has 1 unspecified atom stereocenters. The third kappa shape index (κ3) is 3.91. The van der Waals surface area contributed by atoms with Crippen LogP contribution >= 0.6 is 11.6 Å². The van der Waals surface area contributed by atoms with Crippen LogP contribution in [0.2, 0.25) is 5.02 Å². The topological polar surface area (TPSA) is 32.3 Å². The van der Waals surface area contributed by atoms with E-state index in [4.69, 9.17) is 11.6 Å². The summed E-state index contributed by atoms with van der Waals surface area (Å²) in [6.07, 6.45) is -11.8. The van der Waals surface area contributed by atoms with Gasteiger partial charge < -0.3 is 10.4 Å². The first kappa shape index (κ1) is 20.4. The zero-order valence-electron chi connectivity index (χ0n) is 13.3. The number of nitrogens with one attached hydrogen (secondary N) is 1. The van der Waals surface area contributed by atoms with Crippen LogP contribution in [0.25, 0.3) is 0 Å². The van der Waals surface area contributed by atoms with Gasteiger partial charge in [0.25, 0.3) is 5.60 Å². The molecule has 0 radical (unpaired) electrons. The second-order valence-electron chi connectivity index (χ2n) is 5.70. The van der Waals surface area contributed by atoms with Gasteiger partial charge in [0.15, 0.2) is 0 Å². The van der Waals surface area contributed by atoms with E-state index in [9.17, 15) is 31.4 Å². The molecule has 2 nitrogen and oxygen atoms in total. The number of benzene rings is 2. The highest BCUT2D eigenvalue weighted by Crippen LogP contribution is 2.50. The van der Waals surface area contributed by atoms with E-state index in [2.05, 4.69) is 5.32 Å². The summed E-state index contributed by atoms with van der Waals surface area (Å²) >= 11 is 5.78. The van der Waals surface area contributed by atoms with Crippen LogP contribution in [-0.4, -0.2) is 17.5 Å². The molecule has 0 fully saturated rings. The largest absolute Gasteiger partial charge is 0.430 e. The maximum Gasteiger partial charge on any atom is 0.430 e.